The Labute approximate surface area is 102 Å². The van der Waals surface area contributed by atoms with Gasteiger partial charge in [-0.15, -0.1) is 0 Å². The zero-order chi connectivity index (χ0) is 11.5. The number of hydrogen-bond donors (Lipinski definition) is 0. The highest BCUT2D eigenvalue weighted by Gasteiger charge is 2.03. The molecule has 2 aromatic rings. The molecule has 16 heavy (non-hydrogen) atoms. The molecular weight excluding hydrogens is 247 g/mol. The highest BCUT2D eigenvalue weighted by molar-refractivity contribution is 6.33. The Balaban J connectivity index is 2.38. The summed E-state index contributed by atoms with van der Waals surface area (Å²) in [5, 5.41) is 1.18. The van der Waals surface area contributed by atoms with Crippen LogP contribution in [0.3, 0.4) is 0 Å². The minimum absolute atomic E-state index is 0.307. The van der Waals surface area contributed by atoms with Crippen LogP contribution in [0.1, 0.15) is 5.56 Å². The van der Waals surface area contributed by atoms with E-state index in [0.717, 1.165) is 5.56 Å². The number of aromatic nitrogens is 2. The van der Waals surface area contributed by atoms with E-state index < -0.39 is 0 Å². The summed E-state index contributed by atoms with van der Waals surface area (Å²) in [7, 11) is 0. The van der Waals surface area contributed by atoms with Crippen LogP contribution >= 0.6 is 23.2 Å². The summed E-state index contributed by atoms with van der Waals surface area (Å²) >= 11 is 11.9. The number of nitrogens with zero attached hydrogens (tertiary/aromatic N) is 2. The second kappa shape index (κ2) is 4.68. The van der Waals surface area contributed by atoms with Crippen LogP contribution in [-0.4, -0.2) is 9.55 Å². The Morgan fingerprint density at radius 2 is 2.12 bits per heavy atom. The van der Waals surface area contributed by atoms with Crippen molar-refractivity contribution in [1.82, 2.24) is 9.55 Å². The van der Waals surface area contributed by atoms with Crippen LogP contribution in [0.4, 0.5) is 0 Å². The largest absolute Gasteiger partial charge is 0.347 e. The lowest BCUT2D eigenvalue weighted by Crippen LogP contribution is -2.22. The van der Waals surface area contributed by atoms with Gasteiger partial charge >= 0.3 is 5.69 Å². The maximum absolute atomic E-state index is 11.4. The van der Waals surface area contributed by atoms with Gasteiger partial charge in [-0.1, -0.05) is 23.2 Å². The van der Waals surface area contributed by atoms with Crippen molar-refractivity contribution in [3.8, 4) is 0 Å². The van der Waals surface area contributed by atoms with Crippen LogP contribution < -0.4 is 5.69 Å². The molecular formula is C11H8Cl2N2O. The average Bonchev–Trinajstić information content (AvgIpc) is 2.27. The molecule has 5 heteroatoms. The minimum Gasteiger partial charge on any atom is -0.295 e. The van der Waals surface area contributed by atoms with E-state index in [9.17, 15) is 4.79 Å². The lowest BCUT2D eigenvalue weighted by atomic mass is 10.2. The topological polar surface area (TPSA) is 34.9 Å². The molecule has 0 aliphatic carbocycles. The second-order valence-corrected chi connectivity index (χ2v) is 4.11. The molecule has 0 unspecified atom stereocenters. The Kier molecular flexibility index (Phi) is 3.27. The molecule has 0 atom stereocenters. The highest BCUT2D eigenvalue weighted by atomic mass is 35.5. The van der Waals surface area contributed by atoms with E-state index in [1.54, 1.807) is 30.5 Å². The molecule has 2 rings (SSSR count). The number of halogens is 2. The molecule has 1 aromatic carbocycles. The summed E-state index contributed by atoms with van der Waals surface area (Å²) in [5.41, 5.74) is 0.489. The molecule has 0 aliphatic rings. The van der Waals surface area contributed by atoms with E-state index in [-0.39, 0.29) is 5.69 Å². The monoisotopic (exact) mass is 254 g/mol. The van der Waals surface area contributed by atoms with Crippen molar-refractivity contribution in [2.24, 2.45) is 0 Å². The predicted octanol–water partition coefficient (Wildman–Crippen LogP) is 2.60. The summed E-state index contributed by atoms with van der Waals surface area (Å²) in [4.78, 5) is 15.1. The van der Waals surface area contributed by atoms with Crippen molar-refractivity contribution in [2.45, 2.75) is 6.54 Å². The first-order valence-electron chi connectivity index (χ1n) is 4.62. The first-order valence-corrected chi connectivity index (χ1v) is 5.38. The number of hydrogen-bond acceptors (Lipinski definition) is 2. The van der Waals surface area contributed by atoms with Gasteiger partial charge in [-0.3, -0.25) is 4.57 Å². The fourth-order valence-corrected chi connectivity index (χ4v) is 1.73. The second-order valence-electron chi connectivity index (χ2n) is 3.27. The molecule has 0 spiro atoms. The third kappa shape index (κ3) is 2.43. The van der Waals surface area contributed by atoms with Gasteiger partial charge in [0.15, 0.2) is 0 Å². The van der Waals surface area contributed by atoms with Crippen LogP contribution in [-0.2, 0) is 6.54 Å². The predicted molar refractivity (Wildman–Crippen MR) is 64.1 cm³/mol. The maximum atomic E-state index is 11.4. The van der Waals surface area contributed by atoms with Crippen molar-refractivity contribution >= 4 is 23.2 Å². The molecule has 0 N–H and O–H groups in total. The highest BCUT2D eigenvalue weighted by Crippen LogP contribution is 2.20. The van der Waals surface area contributed by atoms with Crippen molar-refractivity contribution in [3.05, 3.63) is 62.8 Å². The zero-order valence-corrected chi connectivity index (χ0v) is 9.74. The summed E-state index contributed by atoms with van der Waals surface area (Å²) in [5.74, 6) is 0. The summed E-state index contributed by atoms with van der Waals surface area (Å²) in [6, 6.07) is 6.85. The molecule has 0 radical (unpaired) electrons. The van der Waals surface area contributed by atoms with Gasteiger partial charge in [0.25, 0.3) is 0 Å². The lowest BCUT2D eigenvalue weighted by Gasteiger charge is -2.06. The van der Waals surface area contributed by atoms with Gasteiger partial charge in [-0.05, 0) is 29.8 Å². The van der Waals surface area contributed by atoms with Crippen molar-refractivity contribution in [1.29, 1.82) is 0 Å². The fraction of sp³-hybridized carbons (Fsp3) is 0.0909. The van der Waals surface area contributed by atoms with E-state index in [2.05, 4.69) is 4.98 Å². The summed E-state index contributed by atoms with van der Waals surface area (Å²) in [6.07, 6.45) is 3.12. The van der Waals surface area contributed by atoms with E-state index in [1.165, 1.54) is 10.8 Å². The minimum atomic E-state index is -0.307. The van der Waals surface area contributed by atoms with E-state index >= 15 is 0 Å². The zero-order valence-electron chi connectivity index (χ0n) is 8.23. The average molecular weight is 255 g/mol. The van der Waals surface area contributed by atoms with E-state index in [4.69, 9.17) is 23.2 Å². The number of rotatable bonds is 2. The smallest absolute Gasteiger partial charge is 0.295 e. The quantitative estimate of drug-likeness (QED) is 0.826. The molecule has 3 nitrogen and oxygen atoms in total. The molecule has 0 aliphatic heterocycles. The Bertz CT molecular complexity index is 566. The van der Waals surface area contributed by atoms with Crippen molar-refractivity contribution < 1.29 is 0 Å². The van der Waals surface area contributed by atoms with E-state index in [0.29, 0.717) is 16.6 Å². The van der Waals surface area contributed by atoms with Gasteiger partial charge in [0.1, 0.15) is 0 Å². The van der Waals surface area contributed by atoms with Crippen LogP contribution in [0.2, 0.25) is 10.0 Å². The lowest BCUT2D eigenvalue weighted by molar-refractivity contribution is 0.727. The third-order valence-corrected chi connectivity index (χ3v) is 2.74. The molecule has 1 heterocycles. The van der Waals surface area contributed by atoms with E-state index in [1.807, 2.05) is 0 Å². The summed E-state index contributed by atoms with van der Waals surface area (Å²) in [6.45, 7) is 0.367. The van der Waals surface area contributed by atoms with Crippen LogP contribution in [0.5, 0.6) is 0 Å². The molecule has 0 bridgehead atoms. The van der Waals surface area contributed by atoms with Gasteiger partial charge in [0.05, 0.1) is 6.54 Å². The Morgan fingerprint density at radius 3 is 2.88 bits per heavy atom. The molecule has 0 amide bonds. The van der Waals surface area contributed by atoms with Gasteiger partial charge in [0.2, 0.25) is 0 Å². The maximum Gasteiger partial charge on any atom is 0.347 e. The van der Waals surface area contributed by atoms with Crippen molar-refractivity contribution in [2.75, 3.05) is 0 Å². The Hall–Kier alpha value is -1.32. The third-order valence-electron chi connectivity index (χ3n) is 2.13. The fourth-order valence-electron chi connectivity index (χ4n) is 1.36. The van der Waals surface area contributed by atoms with Crippen LogP contribution in [0.15, 0.2) is 41.5 Å². The first-order chi connectivity index (χ1) is 7.66. The van der Waals surface area contributed by atoms with Gasteiger partial charge in [-0.25, -0.2) is 9.78 Å². The summed E-state index contributed by atoms with van der Waals surface area (Å²) < 4.78 is 1.47. The van der Waals surface area contributed by atoms with Crippen molar-refractivity contribution in [3.63, 3.8) is 0 Å². The number of benzene rings is 1. The van der Waals surface area contributed by atoms with Crippen LogP contribution in [0, 0.1) is 0 Å². The molecule has 0 saturated carbocycles. The van der Waals surface area contributed by atoms with Gasteiger partial charge in [0, 0.05) is 22.4 Å². The van der Waals surface area contributed by atoms with Gasteiger partial charge in [-0.2, -0.15) is 0 Å². The molecule has 1 aromatic heterocycles. The standard InChI is InChI=1S/C11H8Cl2N2O/c12-9-2-3-10(13)8(6-9)7-15-5-1-4-14-11(15)16/h1-6H,7H2. The normalized spacial score (nSPS) is 10.4. The first kappa shape index (κ1) is 11.2. The molecule has 82 valence electrons. The Morgan fingerprint density at radius 1 is 1.31 bits per heavy atom. The van der Waals surface area contributed by atoms with Crippen LogP contribution in [0.25, 0.3) is 0 Å². The molecule has 0 saturated heterocycles. The van der Waals surface area contributed by atoms with Gasteiger partial charge < -0.3 is 0 Å². The SMILES string of the molecule is O=c1ncccn1Cc1cc(Cl)ccc1Cl. The molecule has 0 fully saturated rings.